The molecule has 0 unspecified atom stereocenters. The number of halogens is 1. The van der Waals surface area contributed by atoms with Crippen LogP contribution in [-0.2, 0) is 0 Å². The highest BCUT2D eigenvalue weighted by Crippen LogP contribution is 2.31. The van der Waals surface area contributed by atoms with E-state index < -0.39 is 4.92 Å². The number of aryl methyl sites for hydroxylation is 1. The second kappa shape index (κ2) is 6.78. The van der Waals surface area contributed by atoms with Crippen molar-refractivity contribution in [3.05, 3.63) is 62.7 Å². The van der Waals surface area contributed by atoms with Gasteiger partial charge >= 0.3 is 0 Å². The molecular weight excluding hydrogens is 362 g/mol. The van der Waals surface area contributed by atoms with Crippen LogP contribution >= 0.6 is 22.9 Å². The predicted molar refractivity (Wildman–Crippen MR) is 99.8 cm³/mol. The average molecular weight is 376 g/mol. The number of anilines is 1. The summed E-state index contributed by atoms with van der Waals surface area (Å²) in [5.41, 5.74) is 1.42. The molecule has 0 N–H and O–H groups in total. The lowest BCUT2D eigenvalue weighted by molar-refractivity contribution is -0.385. The van der Waals surface area contributed by atoms with Gasteiger partial charge in [0.1, 0.15) is 0 Å². The van der Waals surface area contributed by atoms with Crippen LogP contribution in [0.4, 0.5) is 10.8 Å². The monoisotopic (exact) mass is 375 g/mol. The lowest BCUT2D eigenvalue weighted by Crippen LogP contribution is -2.30. The maximum absolute atomic E-state index is 12.9. The number of nitrogens with zero attached hydrogens (tertiary/aromatic N) is 3. The van der Waals surface area contributed by atoms with E-state index in [0.29, 0.717) is 27.8 Å². The molecule has 0 aliphatic heterocycles. The predicted octanol–water partition coefficient (Wildman–Crippen LogP) is 4.83. The molecule has 128 valence electrons. The van der Waals surface area contributed by atoms with Crippen LogP contribution in [0.15, 0.2) is 36.4 Å². The molecule has 0 fully saturated rings. The summed E-state index contributed by atoms with van der Waals surface area (Å²) in [6.45, 7) is 3.87. The second-order valence-electron chi connectivity index (χ2n) is 5.42. The first-order chi connectivity index (χ1) is 11.9. The summed E-state index contributed by atoms with van der Waals surface area (Å²) in [6.07, 6.45) is 0. The zero-order chi connectivity index (χ0) is 18.1. The van der Waals surface area contributed by atoms with Gasteiger partial charge in [0.05, 0.1) is 15.1 Å². The standard InChI is InChI=1S/C17H14ClN3O3S/c1-3-20(17-19-13-9-12(18)6-7-15(13)25-17)16(22)11-5-4-10(2)14(8-11)21(23)24/h4-9H,3H2,1-2H3. The minimum atomic E-state index is -0.484. The molecule has 6 nitrogen and oxygen atoms in total. The summed E-state index contributed by atoms with van der Waals surface area (Å²) in [6, 6.07) is 9.85. The number of carbonyl (C=O) groups is 1. The van der Waals surface area contributed by atoms with Gasteiger partial charge < -0.3 is 0 Å². The first-order valence-electron chi connectivity index (χ1n) is 7.53. The SMILES string of the molecule is CCN(C(=O)c1ccc(C)c([N+](=O)[O-])c1)c1nc2cc(Cl)ccc2s1. The first-order valence-corrected chi connectivity index (χ1v) is 8.73. The van der Waals surface area contributed by atoms with E-state index in [0.717, 1.165) is 4.70 Å². The number of amides is 1. The summed E-state index contributed by atoms with van der Waals surface area (Å²) < 4.78 is 0.917. The lowest BCUT2D eigenvalue weighted by Gasteiger charge is -2.17. The van der Waals surface area contributed by atoms with Crippen LogP contribution in [0.2, 0.25) is 5.02 Å². The number of aromatic nitrogens is 1. The molecule has 1 heterocycles. The van der Waals surface area contributed by atoms with Gasteiger partial charge in [-0.05, 0) is 38.1 Å². The summed E-state index contributed by atoms with van der Waals surface area (Å²) in [7, 11) is 0. The van der Waals surface area contributed by atoms with E-state index in [1.165, 1.54) is 22.3 Å². The van der Waals surface area contributed by atoms with E-state index in [-0.39, 0.29) is 17.2 Å². The molecular formula is C17H14ClN3O3S. The van der Waals surface area contributed by atoms with Crippen molar-refractivity contribution in [2.24, 2.45) is 0 Å². The Morgan fingerprint density at radius 3 is 2.76 bits per heavy atom. The van der Waals surface area contributed by atoms with Gasteiger partial charge in [0.2, 0.25) is 0 Å². The smallest absolute Gasteiger partial charge is 0.273 e. The second-order valence-corrected chi connectivity index (χ2v) is 6.86. The van der Waals surface area contributed by atoms with Crippen LogP contribution in [-0.4, -0.2) is 22.4 Å². The van der Waals surface area contributed by atoms with Gasteiger partial charge in [0.15, 0.2) is 5.13 Å². The maximum atomic E-state index is 12.9. The Bertz CT molecular complexity index is 986. The van der Waals surface area contributed by atoms with Crippen molar-refractivity contribution in [3.8, 4) is 0 Å². The van der Waals surface area contributed by atoms with Gasteiger partial charge in [-0.1, -0.05) is 29.0 Å². The minimum absolute atomic E-state index is 0.0713. The molecule has 2 aromatic carbocycles. The molecule has 0 radical (unpaired) electrons. The molecule has 3 rings (SSSR count). The summed E-state index contributed by atoms with van der Waals surface area (Å²) in [4.78, 5) is 29.5. The Labute approximate surface area is 152 Å². The molecule has 0 saturated carbocycles. The van der Waals surface area contributed by atoms with Crippen LogP contribution in [0.1, 0.15) is 22.8 Å². The van der Waals surface area contributed by atoms with Crippen molar-refractivity contribution < 1.29 is 9.72 Å². The van der Waals surface area contributed by atoms with Gasteiger partial charge in [0.25, 0.3) is 11.6 Å². The Morgan fingerprint density at radius 2 is 2.08 bits per heavy atom. The van der Waals surface area contributed by atoms with Crippen molar-refractivity contribution in [3.63, 3.8) is 0 Å². The van der Waals surface area contributed by atoms with Crippen molar-refractivity contribution in [2.75, 3.05) is 11.4 Å². The van der Waals surface area contributed by atoms with E-state index in [1.807, 2.05) is 13.0 Å². The number of fused-ring (bicyclic) bond motifs is 1. The molecule has 25 heavy (non-hydrogen) atoms. The molecule has 3 aromatic rings. The van der Waals surface area contributed by atoms with E-state index in [9.17, 15) is 14.9 Å². The normalized spacial score (nSPS) is 10.8. The fourth-order valence-electron chi connectivity index (χ4n) is 2.46. The molecule has 8 heteroatoms. The van der Waals surface area contributed by atoms with Crippen LogP contribution in [0.3, 0.4) is 0 Å². The van der Waals surface area contributed by atoms with Crippen LogP contribution < -0.4 is 4.90 Å². The number of benzene rings is 2. The third-order valence-corrected chi connectivity index (χ3v) is 5.08. The van der Waals surface area contributed by atoms with Crippen LogP contribution in [0.5, 0.6) is 0 Å². The molecule has 0 aliphatic carbocycles. The summed E-state index contributed by atoms with van der Waals surface area (Å²) >= 11 is 7.36. The molecule has 0 aliphatic rings. The van der Waals surface area contributed by atoms with Gasteiger partial charge in [-0.25, -0.2) is 4.98 Å². The van der Waals surface area contributed by atoms with Gasteiger partial charge in [0, 0.05) is 28.8 Å². The number of hydrogen-bond donors (Lipinski definition) is 0. The molecule has 1 amide bonds. The van der Waals surface area contributed by atoms with E-state index in [4.69, 9.17) is 11.6 Å². The van der Waals surface area contributed by atoms with Crippen LogP contribution in [0, 0.1) is 17.0 Å². The summed E-state index contributed by atoms with van der Waals surface area (Å²) in [5.74, 6) is -0.323. The fraction of sp³-hybridized carbons (Fsp3) is 0.176. The maximum Gasteiger partial charge on any atom is 0.273 e. The highest BCUT2D eigenvalue weighted by atomic mass is 35.5. The molecule has 0 bridgehead atoms. The van der Waals surface area contributed by atoms with Crippen molar-refractivity contribution >= 4 is 49.9 Å². The van der Waals surface area contributed by atoms with E-state index >= 15 is 0 Å². The number of nitro benzene ring substituents is 1. The topological polar surface area (TPSA) is 76.3 Å². The summed E-state index contributed by atoms with van der Waals surface area (Å²) in [5, 5.41) is 12.2. The third kappa shape index (κ3) is 3.33. The van der Waals surface area contributed by atoms with Crippen molar-refractivity contribution in [1.82, 2.24) is 4.98 Å². The average Bonchev–Trinajstić information content (AvgIpc) is 2.98. The number of carbonyl (C=O) groups excluding carboxylic acids is 1. The fourth-order valence-corrected chi connectivity index (χ4v) is 3.64. The Balaban J connectivity index is 2.00. The largest absolute Gasteiger partial charge is 0.284 e. The molecule has 0 spiro atoms. The third-order valence-electron chi connectivity index (χ3n) is 3.78. The number of nitro groups is 1. The molecule has 0 atom stereocenters. The Hall–Kier alpha value is -2.51. The quantitative estimate of drug-likeness (QED) is 0.483. The van der Waals surface area contributed by atoms with Crippen LogP contribution in [0.25, 0.3) is 10.2 Å². The minimum Gasteiger partial charge on any atom is -0.284 e. The molecule has 1 aromatic heterocycles. The highest BCUT2D eigenvalue weighted by Gasteiger charge is 2.22. The Morgan fingerprint density at radius 1 is 1.32 bits per heavy atom. The van der Waals surface area contributed by atoms with E-state index in [2.05, 4.69) is 4.98 Å². The zero-order valence-corrected chi connectivity index (χ0v) is 15.1. The Kier molecular flexibility index (Phi) is 4.69. The van der Waals surface area contributed by atoms with Crippen molar-refractivity contribution in [1.29, 1.82) is 0 Å². The molecule has 0 saturated heterocycles. The number of hydrogen-bond acceptors (Lipinski definition) is 5. The van der Waals surface area contributed by atoms with Gasteiger partial charge in [-0.15, -0.1) is 0 Å². The van der Waals surface area contributed by atoms with Gasteiger partial charge in [-0.2, -0.15) is 0 Å². The first kappa shape index (κ1) is 17.3. The highest BCUT2D eigenvalue weighted by molar-refractivity contribution is 7.22. The van der Waals surface area contributed by atoms with E-state index in [1.54, 1.807) is 31.2 Å². The number of thiazole rings is 1. The zero-order valence-electron chi connectivity index (χ0n) is 13.5. The number of rotatable bonds is 4. The van der Waals surface area contributed by atoms with Crippen molar-refractivity contribution in [2.45, 2.75) is 13.8 Å². The van der Waals surface area contributed by atoms with Gasteiger partial charge in [-0.3, -0.25) is 19.8 Å². The lowest BCUT2D eigenvalue weighted by atomic mass is 10.1.